The molecule has 0 saturated heterocycles. The average Bonchev–Trinajstić information content (AvgIpc) is 2.61. The third-order valence-corrected chi connectivity index (χ3v) is 3.97. The van der Waals surface area contributed by atoms with Crippen molar-refractivity contribution in [2.75, 3.05) is 19.6 Å². The van der Waals surface area contributed by atoms with Gasteiger partial charge in [0.1, 0.15) is 12.4 Å². The zero-order valence-corrected chi connectivity index (χ0v) is 15.2. The second-order valence-corrected chi connectivity index (χ2v) is 6.14. The Hall–Kier alpha value is -2.33. The Labute approximate surface area is 150 Å². The van der Waals surface area contributed by atoms with Gasteiger partial charge in [-0.3, -0.25) is 4.79 Å². The summed E-state index contributed by atoms with van der Waals surface area (Å²) in [6, 6.07) is 15.9. The maximum atomic E-state index is 12.0. The Balaban J connectivity index is 1.80. The molecule has 0 fully saturated rings. The minimum Gasteiger partial charge on any atom is -0.489 e. The largest absolute Gasteiger partial charge is 0.489 e. The van der Waals surface area contributed by atoms with E-state index in [2.05, 4.69) is 36.6 Å². The quantitative estimate of drug-likeness (QED) is 0.653. The van der Waals surface area contributed by atoms with Crippen molar-refractivity contribution >= 4 is 5.91 Å². The summed E-state index contributed by atoms with van der Waals surface area (Å²) in [5, 5.41) is 6.20. The molecule has 0 unspecified atom stereocenters. The molecule has 0 aliphatic carbocycles. The van der Waals surface area contributed by atoms with Crippen molar-refractivity contribution in [1.29, 1.82) is 0 Å². The minimum atomic E-state index is 0.0364. The van der Waals surface area contributed by atoms with Crippen LogP contribution in [0.2, 0.25) is 0 Å². The highest BCUT2D eigenvalue weighted by Gasteiger charge is 2.05. The molecule has 0 bridgehead atoms. The van der Waals surface area contributed by atoms with Crippen LogP contribution in [0, 0.1) is 6.92 Å². The van der Waals surface area contributed by atoms with Crippen LogP contribution in [0.3, 0.4) is 0 Å². The Morgan fingerprint density at radius 1 is 1.04 bits per heavy atom. The van der Waals surface area contributed by atoms with Gasteiger partial charge < -0.3 is 15.4 Å². The SMILES string of the molecule is CCCNCCNC(=O)Cc1cccc(OCc2ccccc2C)c1. The van der Waals surface area contributed by atoms with Gasteiger partial charge in [-0.05, 0) is 48.7 Å². The zero-order chi connectivity index (χ0) is 17.9. The van der Waals surface area contributed by atoms with Crippen LogP contribution in [0.5, 0.6) is 5.75 Å². The lowest BCUT2D eigenvalue weighted by Gasteiger charge is -2.10. The summed E-state index contributed by atoms with van der Waals surface area (Å²) < 4.78 is 5.88. The van der Waals surface area contributed by atoms with Crippen molar-refractivity contribution in [2.24, 2.45) is 0 Å². The van der Waals surface area contributed by atoms with E-state index in [4.69, 9.17) is 4.74 Å². The summed E-state index contributed by atoms with van der Waals surface area (Å²) in [4.78, 5) is 12.0. The van der Waals surface area contributed by atoms with Crippen LogP contribution in [0.1, 0.15) is 30.0 Å². The molecule has 0 aromatic heterocycles. The maximum absolute atomic E-state index is 12.0. The van der Waals surface area contributed by atoms with Gasteiger partial charge in [0.15, 0.2) is 0 Å². The molecule has 2 aromatic rings. The van der Waals surface area contributed by atoms with E-state index in [0.29, 0.717) is 19.6 Å². The number of carbonyl (C=O) groups excluding carboxylic acids is 1. The summed E-state index contributed by atoms with van der Waals surface area (Å²) >= 11 is 0. The Bertz CT molecular complexity index is 670. The van der Waals surface area contributed by atoms with Gasteiger partial charge in [0.05, 0.1) is 6.42 Å². The molecule has 134 valence electrons. The maximum Gasteiger partial charge on any atom is 0.224 e. The third-order valence-electron chi connectivity index (χ3n) is 3.97. The van der Waals surface area contributed by atoms with Crippen molar-refractivity contribution in [2.45, 2.75) is 33.3 Å². The van der Waals surface area contributed by atoms with Crippen LogP contribution in [-0.2, 0) is 17.8 Å². The molecule has 0 aliphatic rings. The molecular weight excluding hydrogens is 312 g/mol. The number of benzene rings is 2. The summed E-state index contributed by atoms with van der Waals surface area (Å²) in [5.74, 6) is 0.826. The molecule has 0 saturated carbocycles. The number of ether oxygens (including phenoxy) is 1. The van der Waals surface area contributed by atoms with Gasteiger partial charge in [0.25, 0.3) is 0 Å². The van der Waals surface area contributed by atoms with Crippen molar-refractivity contribution in [3.05, 3.63) is 65.2 Å². The summed E-state index contributed by atoms with van der Waals surface area (Å²) in [5.41, 5.74) is 3.35. The molecule has 0 atom stereocenters. The predicted molar refractivity (Wildman–Crippen MR) is 102 cm³/mol. The van der Waals surface area contributed by atoms with Crippen molar-refractivity contribution in [3.63, 3.8) is 0 Å². The first-order chi connectivity index (χ1) is 12.2. The van der Waals surface area contributed by atoms with Gasteiger partial charge in [-0.15, -0.1) is 0 Å². The standard InChI is InChI=1S/C21H28N2O2/c1-3-11-22-12-13-23-21(24)15-18-8-6-10-20(14-18)25-16-19-9-5-4-7-17(19)2/h4-10,14,22H,3,11-13,15-16H2,1-2H3,(H,23,24). The van der Waals surface area contributed by atoms with Gasteiger partial charge in [-0.2, -0.15) is 0 Å². The monoisotopic (exact) mass is 340 g/mol. The number of rotatable bonds is 10. The predicted octanol–water partition coefficient (Wildman–Crippen LogP) is 3.23. The molecule has 0 radical (unpaired) electrons. The normalized spacial score (nSPS) is 10.5. The highest BCUT2D eigenvalue weighted by atomic mass is 16.5. The molecule has 0 spiro atoms. The summed E-state index contributed by atoms with van der Waals surface area (Å²) in [6.07, 6.45) is 1.47. The lowest BCUT2D eigenvalue weighted by atomic mass is 10.1. The molecule has 25 heavy (non-hydrogen) atoms. The van der Waals surface area contributed by atoms with Gasteiger partial charge in [-0.25, -0.2) is 0 Å². The lowest BCUT2D eigenvalue weighted by Crippen LogP contribution is -2.32. The van der Waals surface area contributed by atoms with Gasteiger partial charge in [0.2, 0.25) is 5.91 Å². The van der Waals surface area contributed by atoms with E-state index in [-0.39, 0.29) is 5.91 Å². The van der Waals surface area contributed by atoms with E-state index in [9.17, 15) is 4.79 Å². The smallest absolute Gasteiger partial charge is 0.224 e. The fraction of sp³-hybridized carbons (Fsp3) is 0.381. The van der Waals surface area contributed by atoms with Gasteiger partial charge >= 0.3 is 0 Å². The first-order valence-corrected chi connectivity index (χ1v) is 8.92. The Morgan fingerprint density at radius 2 is 1.88 bits per heavy atom. The molecule has 1 amide bonds. The lowest BCUT2D eigenvalue weighted by molar-refractivity contribution is -0.120. The van der Waals surface area contributed by atoms with Crippen molar-refractivity contribution in [3.8, 4) is 5.75 Å². The number of aryl methyl sites for hydroxylation is 1. The van der Waals surface area contributed by atoms with Crippen LogP contribution in [0.15, 0.2) is 48.5 Å². The minimum absolute atomic E-state index is 0.0364. The van der Waals surface area contributed by atoms with E-state index in [1.807, 2.05) is 36.4 Å². The number of hydrogen-bond donors (Lipinski definition) is 2. The second kappa shape index (κ2) is 10.5. The first kappa shape index (κ1) is 19.0. The first-order valence-electron chi connectivity index (χ1n) is 8.92. The number of hydrogen-bond acceptors (Lipinski definition) is 3. The van der Waals surface area contributed by atoms with Crippen LogP contribution in [0.4, 0.5) is 0 Å². The van der Waals surface area contributed by atoms with E-state index >= 15 is 0 Å². The van der Waals surface area contributed by atoms with Crippen molar-refractivity contribution in [1.82, 2.24) is 10.6 Å². The van der Waals surface area contributed by atoms with Crippen LogP contribution in [-0.4, -0.2) is 25.5 Å². The van der Waals surface area contributed by atoms with Crippen LogP contribution < -0.4 is 15.4 Å². The van der Waals surface area contributed by atoms with Gasteiger partial charge in [0, 0.05) is 13.1 Å². The zero-order valence-electron chi connectivity index (χ0n) is 15.2. The molecule has 2 rings (SSSR count). The molecule has 2 aromatic carbocycles. The summed E-state index contributed by atoms with van der Waals surface area (Å²) in [7, 11) is 0. The molecule has 4 nitrogen and oxygen atoms in total. The number of amides is 1. The van der Waals surface area contributed by atoms with E-state index < -0.39 is 0 Å². The highest BCUT2D eigenvalue weighted by Crippen LogP contribution is 2.17. The fourth-order valence-corrected chi connectivity index (χ4v) is 2.52. The highest BCUT2D eigenvalue weighted by molar-refractivity contribution is 5.78. The molecule has 4 heteroatoms. The molecule has 2 N–H and O–H groups in total. The number of nitrogens with one attached hydrogen (secondary N) is 2. The Morgan fingerprint density at radius 3 is 2.68 bits per heavy atom. The summed E-state index contributed by atoms with van der Waals surface area (Å²) in [6.45, 7) is 7.18. The average molecular weight is 340 g/mol. The Kier molecular flexibility index (Phi) is 7.99. The third kappa shape index (κ3) is 6.98. The van der Waals surface area contributed by atoms with Gasteiger partial charge in [-0.1, -0.05) is 43.3 Å². The topological polar surface area (TPSA) is 50.4 Å². The fourth-order valence-electron chi connectivity index (χ4n) is 2.52. The van der Waals surface area contributed by atoms with E-state index in [0.717, 1.165) is 30.8 Å². The van der Waals surface area contributed by atoms with E-state index in [1.54, 1.807) is 0 Å². The van der Waals surface area contributed by atoms with E-state index in [1.165, 1.54) is 11.1 Å². The molecular formula is C21H28N2O2. The van der Waals surface area contributed by atoms with Crippen LogP contribution in [0.25, 0.3) is 0 Å². The molecule has 0 aliphatic heterocycles. The molecule has 0 heterocycles. The number of carbonyl (C=O) groups is 1. The van der Waals surface area contributed by atoms with Crippen LogP contribution >= 0.6 is 0 Å². The second-order valence-electron chi connectivity index (χ2n) is 6.14. The van der Waals surface area contributed by atoms with Crippen molar-refractivity contribution < 1.29 is 9.53 Å².